The molecule has 0 amide bonds. The Kier molecular flexibility index (Phi) is 5.65. The molecule has 0 saturated carbocycles. The molecule has 6 nitrogen and oxygen atoms in total. The van der Waals surface area contributed by atoms with Gasteiger partial charge in [0.15, 0.2) is 6.10 Å². The van der Waals surface area contributed by atoms with Crippen LogP contribution in [0.25, 0.3) is 0 Å². The summed E-state index contributed by atoms with van der Waals surface area (Å²) < 4.78 is 10.1. The third-order valence-electron chi connectivity index (χ3n) is 4.18. The Hall–Kier alpha value is -2.89. The van der Waals surface area contributed by atoms with Crippen LogP contribution in [0.4, 0.5) is 0 Å². The monoisotopic (exact) mass is 357 g/mol. The van der Waals surface area contributed by atoms with Gasteiger partial charge in [-0.05, 0) is 52.3 Å². The van der Waals surface area contributed by atoms with Crippen LogP contribution in [0.15, 0.2) is 18.2 Å². The number of Topliss-reactive ketones (excluding diaryl/α,β-unsaturated/α-hetero) is 1. The van der Waals surface area contributed by atoms with E-state index in [2.05, 4.69) is 4.98 Å². The van der Waals surface area contributed by atoms with E-state index < -0.39 is 23.8 Å². The second kappa shape index (κ2) is 7.56. The van der Waals surface area contributed by atoms with Crippen molar-refractivity contribution in [3.8, 4) is 0 Å². The molecule has 26 heavy (non-hydrogen) atoms. The van der Waals surface area contributed by atoms with Crippen LogP contribution in [-0.2, 0) is 9.47 Å². The summed E-state index contributed by atoms with van der Waals surface area (Å²) in [7, 11) is 1.28. The van der Waals surface area contributed by atoms with Gasteiger partial charge in [0.2, 0.25) is 5.78 Å². The summed E-state index contributed by atoms with van der Waals surface area (Å²) in [6.45, 7) is 8.62. The number of ketones is 1. The van der Waals surface area contributed by atoms with E-state index in [0.29, 0.717) is 22.4 Å². The van der Waals surface area contributed by atoms with Crippen LogP contribution in [0, 0.1) is 27.7 Å². The second-order valence-corrected chi connectivity index (χ2v) is 6.40. The number of nitrogens with one attached hydrogen (secondary N) is 1. The van der Waals surface area contributed by atoms with Gasteiger partial charge in [0.05, 0.1) is 23.9 Å². The highest BCUT2D eigenvalue weighted by Crippen LogP contribution is 2.21. The molecule has 1 aromatic carbocycles. The molecule has 0 aliphatic heterocycles. The summed E-state index contributed by atoms with van der Waals surface area (Å²) in [4.78, 5) is 39.8. The molecule has 6 heteroatoms. The van der Waals surface area contributed by atoms with Crippen molar-refractivity contribution in [1.82, 2.24) is 4.98 Å². The number of methoxy groups -OCH3 is 1. The number of carbonyl (C=O) groups excluding carboxylic acids is 3. The van der Waals surface area contributed by atoms with Gasteiger partial charge in [-0.15, -0.1) is 0 Å². The molecular weight excluding hydrogens is 334 g/mol. The van der Waals surface area contributed by atoms with Crippen molar-refractivity contribution >= 4 is 17.7 Å². The van der Waals surface area contributed by atoms with Gasteiger partial charge in [-0.2, -0.15) is 0 Å². The highest BCUT2D eigenvalue weighted by molar-refractivity contribution is 6.04. The third kappa shape index (κ3) is 3.85. The van der Waals surface area contributed by atoms with Crippen LogP contribution in [0.3, 0.4) is 0 Å². The van der Waals surface area contributed by atoms with Crippen LogP contribution >= 0.6 is 0 Å². The van der Waals surface area contributed by atoms with Crippen molar-refractivity contribution in [2.75, 3.05) is 7.11 Å². The number of aromatic nitrogens is 1. The Balaban J connectivity index is 2.22. The summed E-state index contributed by atoms with van der Waals surface area (Å²) in [6.07, 6.45) is -0.995. The molecule has 0 aliphatic rings. The van der Waals surface area contributed by atoms with Crippen LogP contribution in [0.2, 0.25) is 0 Å². The highest BCUT2D eigenvalue weighted by atomic mass is 16.5. The molecule has 0 spiro atoms. The number of ether oxygens (including phenoxy) is 2. The first-order valence-corrected chi connectivity index (χ1v) is 8.26. The maximum absolute atomic E-state index is 12.7. The molecule has 1 heterocycles. The zero-order valence-electron chi connectivity index (χ0n) is 15.9. The van der Waals surface area contributed by atoms with Crippen LogP contribution < -0.4 is 0 Å². The van der Waals surface area contributed by atoms with Gasteiger partial charge in [-0.3, -0.25) is 4.79 Å². The summed E-state index contributed by atoms with van der Waals surface area (Å²) in [6, 6.07) is 5.38. The molecular formula is C20H23NO5. The van der Waals surface area contributed by atoms with E-state index in [1.165, 1.54) is 14.0 Å². The van der Waals surface area contributed by atoms with E-state index >= 15 is 0 Å². The molecule has 0 fully saturated rings. The predicted octanol–water partition coefficient (Wildman–Crippen LogP) is 3.46. The highest BCUT2D eigenvalue weighted by Gasteiger charge is 2.27. The van der Waals surface area contributed by atoms with E-state index in [9.17, 15) is 14.4 Å². The zero-order chi connectivity index (χ0) is 19.6. The lowest BCUT2D eigenvalue weighted by Gasteiger charge is -2.13. The number of rotatable bonds is 5. The fourth-order valence-corrected chi connectivity index (χ4v) is 2.98. The zero-order valence-corrected chi connectivity index (χ0v) is 15.9. The lowest BCUT2D eigenvalue weighted by Crippen LogP contribution is -2.25. The molecule has 2 aromatic rings. The molecule has 2 rings (SSSR count). The number of hydrogen-bond acceptors (Lipinski definition) is 5. The minimum absolute atomic E-state index is 0.239. The minimum atomic E-state index is -0.995. The second-order valence-electron chi connectivity index (χ2n) is 6.40. The fraction of sp³-hybridized carbons (Fsp3) is 0.350. The summed E-state index contributed by atoms with van der Waals surface area (Å²) in [5, 5.41) is 0. The number of hydrogen-bond donors (Lipinski definition) is 1. The lowest BCUT2D eigenvalue weighted by molar-refractivity contribution is 0.0316. The number of carbonyl (C=O) groups is 3. The van der Waals surface area contributed by atoms with Crippen LogP contribution in [-0.4, -0.2) is 35.9 Å². The van der Waals surface area contributed by atoms with Gasteiger partial charge in [-0.25, -0.2) is 9.59 Å². The van der Waals surface area contributed by atoms with E-state index in [4.69, 9.17) is 9.47 Å². The van der Waals surface area contributed by atoms with E-state index in [-0.39, 0.29) is 5.69 Å². The first-order chi connectivity index (χ1) is 12.1. The van der Waals surface area contributed by atoms with Crippen molar-refractivity contribution in [2.24, 2.45) is 0 Å². The van der Waals surface area contributed by atoms with E-state index in [1.54, 1.807) is 26.0 Å². The number of esters is 2. The molecule has 0 saturated heterocycles. The van der Waals surface area contributed by atoms with Crippen molar-refractivity contribution in [2.45, 2.75) is 40.7 Å². The van der Waals surface area contributed by atoms with Crippen LogP contribution in [0.1, 0.15) is 60.5 Å². The Morgan fingerprint density at radius 2 is 1.54 bits per heavy atom. The van der Waals surface area contributed by atoms with Crippen molar-refractivity contribution in [1.29, 1.82) is 0 Å². The molecule has 0 radical (unpaired) electrons. The van der Waals surface area contributed by atoms with Gasteiger partial charge in [0.25, 0.3) is 0 Å². The number of benzene rings is 1. The molecule has 1 aromatic heterocycles. The van der Waals surface area contributed by atoms with Gasteiger partial charge >= 0.3 is 11.9 Å². The number of aromatic amines is 1. The lowest BCUT2D eigenvalue weighted by atomic mass is 10.1. The molecule has 0 unspecified atom stereocenters. The summed E-state index contributed by atoms with van der Waals surface area (Å²) in [5.41, 5.74) is 3.85. The summed E-state index contributed by atoms with van der Waals surface area (Å²) >= 11 is 0. The SMILES string of the molecule is COC(=O)c1c(C)[nH]c(C(=O)[C@@H](C)OC(=O)c2cc(C)cc(C)c2)c1C. The van der Waals surface area contributed by atoms with Crippen molar-refractivity contribution in [3.05, 3.63) is 57.4 Å². The fourth-order valence-electron chi connectivity index (χ4n) is 2.98. The number of aryl methyl sites for hydroxylation is 3. The van der Waals surface area contributed by atoms with Crippen molar-refractivity contribution < 1.29 is 23.9 Å². The van der Waals surface area contributed by atoms with Crippen LogP contribution in [0.5, 0.6) is 0 Å². The predicted molar refractivity (Wildman–Crippen MR) is 96.7 cm³/mol. The minimum Gasteiger partial charge on any atom is -0.465 e. The average molecular weight is 357 g/mol. The first kappa shape index (κ1) is 19.4. The smallest absolute Gasteiger partial charge is 0.339 e. The Bertz CT molecular complexity index is 858. The normalized spacial score (nSPS) is 11.8. The van der Waals surface area contributed by atoms with Gasteiger partial charge in [0, 0.05) is 5.69 Å². The van der Waals surface area contributed by atoms with E-state index in [0.717, 1.165) is 11.1 Å². The van der Waals surface area contributed by atoms with E-state index in [1.807, 2.05) is 19.9 Å². The van der Waals surface area contributed by atoms with Crippen molar-refractivity contribution in [3.63, 3.8) is 0 Å². The topological polar surface area (TPSA) is 85.5 Å². The molecule has 1 atom stereocenters. The Morgan fingerprint density at radius 3 is 2.08 bits per heavy atom. The summed E-state index contributed by atoms with van der Waals surface area (Å²) in [5.74, 6) is -1.49. The standard InChI is InChI=1S/C20H23NO5/c1-10-7-11(2)9-15(8-10)19(23)26-14(5)18(22)17-12(3)16(13(4)21-17)20(24)25-6/h7-9,14,21H,1-6H3/t14-/m1/s1. The van der Waals surface area contributed by atoms with Gasteiger partial charge in [-0.1, -0.05) is 17.2 Å². The Labute approximate surface area is 152 Å². The Morgan fingerprint density at radius 1 is 0.962 bits per heavy atom. The number of H-pyrrole nitrogens is 1. The first-order valence-electron chi connectivity index (χ1n) is 8.26. The average Bonchev–Trinajstić information content (AvgIpc) is 2.87. The maximum Gasteiger partial charge on any atom is 0.339 e. The van der Waals surface area contributed by atoms with Gasteiger partial charge in [0.1, 0.15) is 0 Å². The van der Waals surface area contributed by atoms with Gasteiger partial charge < -0.3 is 14.5 Å². The molecule has 1 N–H and O–H groups in total. The molecule has 0 bridgehead atoms. The maximum atomic E-state index is 12.7. The molecule has 0 aliphatic carbocycles. The largest absolute Gasteiger partial charge is 0.465 e. The third-order valence-corrected chi connectivity index (χ3v) is 4.18. The quantitative estimate of drug-likeness (QED) is 0.654. The molecule has 138 valence electrons.